The summed E-state index contributed by atoms with van der Waals surface area (Å²) in [5, 5.41) is 15.2. The highest BCUT2D eigenvalue weighted by Gasteiger charge is 2.17. The van der Waals surface area contributed by atoms with Crippen LogP contribution >= 0.6 is 0 Å². The van der Waals surface area contributed by atoms with Gasteiger partial charge in [-0.25, -0.2) is 4.98 Å². The number of anilines is 3. The lowest BCUT2D eigenvalue weighted by Gasteiger charge is -2.19. The summed E-state index contributed by atoms with van der Waals surface area (Å²) in [5.41, 5.74) is 5.23. The van der Waals surface area contributed by atoms with Gasteiger partial charge < -0.3 is 25.2 Å². The van der Waals surface area contributed by atoms with E-state index >= 15 is 0 Å². The van der Waals surface area contributed by atoms with Gasteiger partial charge in [0.25, 0.3) is 17.4 Å². The Kier molecular flexibility index (Phi) is 8.92. The van der Waals surface area contributed by atoms with E-state index in [4.69, 9.17) is 5.11 Å². The lowest BCUT2D eigenvalue weighted by atomic mass is 9.86. The minimum Gasteiger partial charge on any atom is -0.395 e. The van der Waals surface area contributed by atoms with Crippen LogP contribution in [0, 0.1) is 6.92 Å². The van der Waals surface area contributed by atoms with Crippen molar-refractivity contribution in [1.82, 2.24) is 14.5 Å². The van der Waals surface area contributed by atoms with Gasteiger partial charge >= 0.3 is 0 Å². The Morgan fingerprint density at radius 3 is 2.24 bits per heavy atom. The number of benzene rings is 3. The van der Waals surface area contributed by atoms with Crippen molar-refractivity contribution in [3.05, 3.63) is 106 Å². The number of aryl methyl sites for hydroxylation is 1. The molecule has 0 aliphatic heterocycles. The Hall–Kier alpha value is -4.76. The highest BCUT2D eigenvalue weighted by atomic mass is 16.3. The van der Waals surface area contributed by atoms with Crippen LogP contribution in [0.15, 0.2) is 77.7 Å². The molecular weight excluding hydrogens is 530 g/mol. The number of nitrogens with zero attached hydrogens (tertiary/aromatic N) is 3. The van der Waals surface area contributed by atoms with Crippen LogP contribution < -0.4 is 16.2 Å². The standard InChI is InChI=1S/C33H37N5O4/c1-21-26(8-7-9-27(21)36-30(40)22-10-14-24(15-11-22)33(2,3)4)28-20-38(6)32(42)29(35-28)34-25-16-12-23(13-17-25)31(41)37(5)18-19-39/h7-17,20,39H,18-19H2,1-6H3,(H,34,35)(H,36,40). The van der Waals surface area contributed by atoms with Crippen molar-refractivity contribution in [2.45, 2.75) is 33.1 Å². The molecule has 0 bridgehead atoms. The van der Waals surface area contributed by atoms with Crippen LogP contribution in [0.4, 0.5) is 17.2 Å². The number of carbonyl (C=O) groups excluding carboxylic acids is 2. The second kappa shape index (κ2) is 12.4. The van der Waals surface area contributed by atoms with E-state index in [-0.39, 0.29) is 41.8 Å². The summed E-state index contributed by atoms with van der Waals surface area (Å²) in [4.78, 5) is 44.5. The number of nitrogens with one attached hydrogen (secondary N) is 2. The van der Waals surface area contributed by atoms with Crippen molar-refractivity contribution < 1.29 is 14.7 Å². The minimum absolute atomic E-state index is 0.00341. The summed E-state index contributed by atoms with van der Waals surface area (Å²) in [6.45, 7) is 8.41. The summed E-state index contributed by atoms with van der Waals surface area (Å²) in [5.74, 6) is -0.300. The first-order valence-electron chi connectivity index (χ1n) is 13.7. The van der Waals surface area contributed by atoms with Gasteiger partial charge in [-0.2, -0.15) is 0 Å². The number of amides is 2. The van der Waals surface area contributed by atoms with Crippen molar-refractivity contribution in [2.24, 2.45) is 7.05 Å². The average molecular weight is 568 g/mol. The monoisotopic (exact) mass is 567 g/mol. The molecule has 9 nitrogen and oxygen atoms in total. The van der Waals surface area contributed by atoms with Crippen LogP contribution in [0.2, 0.25) is 0 Å². The number of aliphatic hydroxyl groups excluding tert-OH is 1. The van der Waals surface area contributed by atoms with Gasteiger partial charge in [-0.15, -0.1) is 0 Å². The molecule has 9 heteroatoms. The van der Waals surface area contributed by atoms with Gasteiger partial charge in [-0.1, -0.05) is 45.0 Å². The van der Waals surface area contributed by atoms with Crippen molar-refractivity contribution in [3.8, 4) is 11.3 Å². The zero-order valence-electron chi connectivity index (χ0n) is 24.9. The minimum atomic E-state index is -0.317. The van der Waals surface area contributed by atoms with Crippen LogP contribution in [-0.4, -0.2) is 51.6 Å². The summed E-state index contributed by atoms with van der Waals surface area (Å²) in [6.07, 6.45) is 1.66. The number of likely N-dealkylation sites (N-methyl/N-ethyl adjacent to an activating group) is 1. The van der Waals surface area contributed by atoms with Gasteiger partial charge in [-0.3, -0.25) is 14.4 Å². The molecule has 3 aromatic carbocycles. The van der Waals surface area contributed by atoms with Crippen LogP contribution in [-0.2, 0) is 12.5 Å². The third-order valence-corrected chi connectivity index (χ3v) is 7.12. The Balaban J connectivity index is 1.57. The fourth-order valence-corrected chi connectivity index (χ4v) is 4.49. The molecule has 0 saturated heterocycles. The van der Waals surface area contributed by atoms with Gasteiger partial charge in [-0.05, 0) is 65.9 Å². The Bertz CT molecular complexity index is 1650. The molecular formula is C33H37N5O4. The largest absolute Gasteiger partial charge is 0.395 e. The molecule has 2 amide bonds. The quantitative estimate of drug-likeness (QED) is 0.272. The van der Waals surface area contributed by atoms with Gasteiger partial charge in [0.2, 0.25) is 0 Å². The molecule has 218 valence electrons. The maximum atomic E-state index is 13.1. The highest BCUT2D eigenvalue weighted by Crippen LogP contribution is 2.29. The molecule has 0 atom stereocenters. The summed E-state index contributed by atoms with van der Waals surface area (Å²) < 4.78 is 1.45. The maximum absolute atomic E-state index is 13.1. The smallest absolute Gasteiger partial charge is 0.293 e. The van der Waals surface area contributed by atoms with Crippen molar-refractivity contribution in [2.75, 3.05) is 30.8 Å². The molecule has 0 saturated carbocycles. The first kappa shape index (κ1) is 30.2. The first-order chi connectivity index (χ1) is 19.9. The fraction of sp³-hybridized carbons (Fsp3) is 0.273. The lowest BCUT2D eigenvalue weighted by Crippen LogP contribution is -2.29. The second-order valence-electron chi connectivity index (χ2n) is 11.3. The van der Waals surface area contributed by atoms with Crippen molar-refractivity contribution in [3.63, 3.8) is 0 Å². The number of aromatic nitrogens is 2. The molecule has 0 fully saturated rings. The number of rotatable bonds is 8. The second-order valence-corrected chi connectivity index (χ2v) is 11.3. The molecule has 4 rings (SSSR count). The Labute approximate surface area is 245 Å². The Morgan fingerprint density at radius 1 is 0.976 bits per heavy atom. The third kappa shape index (κ3) is 6.75. The highest BCUT2D eigenvalue weighted by molar-refractivity contribution is 6.05. The summed E-state index contributed by atoms with van der Waals surface area (Å²) >= 11 is 0. The normalized spacial score (nSPS) is 11.2. The third-order valence-electron chi connectivity index (χ3n) is 7.12. The lowest BCUT2D eigenvalue weighted by molar-refractivity contribution is 0.0767. The van der Waals surface area contributed by atoms with Crippen LogP contribution in [0.5, 0.6) is 0 Å². The van der Waals surface area contributed by atoms with Crippen LogP contribution in [0.1, 0.15) is 52.6 Å². The van der Waals surface area contributed by atoms with E-state index in [1.807, 2.05) is 49.4 Å². The number of hydrogen-bond acceptors (Lipinski definition) is 6. The van der Waals surface area contributed by atoms with E-state index < -0.39 is 0 Å². The average Bonchev–Trinajstić information content (AvgIpc) is 2.96. The molecule has 0 unspecified atom stereocenters. The number of aliphatic hydroxyl groups is 1. The van der Waals surface area contributed by atoms with E-state index in [2.05, 4.69) is 36.4 Å². The van der Waals surface area contributed by atoms with E-state index in [1.54, 1.807) is 44.6 Å². The predicted molar refractivity (Wildman–Crippen MR) is 167 cm³/mol. The zero-order chi connectivity index (χ0) is 30.6. The Morgan fingerprint density at radius 2 is 1.62 bits per heavy atom. The molecule has 1 aromatic heterocycles. The maximum Gasteiger partial charge on any atom is 0.293 e. The molecule has 3 N–H and O–H groups in total. The van der Waals surface area contributed by atoms with Gasteiger partial charge in [0, 0.05) is 54.9 Å². The predicted octanol–water partition coefficient (Wildman–Crippen LogP) is 5.11. The topological polar surface area (TPSA) is 117 Å². The fourth-order valence-electron chi connectivity index (χ4n) is 4.49. The SMILES string of the molecule is Cc1c(NC(=O)c2ccc(C(C)(C)C)cc2)cccc1-c1cn(C)c(=O)c(Nc2ccc(C(=O)N(C)CCO)cc2)n1. The van der Waals surface area contributed by atoms with Gasteiger partial charge in [0.15, 0.2) is 5.82 Å². The molecule has 0 radical (unpaired) electrons. The van der Waals surface area contributed by atoms with E-state index in [0.717, 1.165) is 16.7 Å². The molecule has 0 spiro atoms. The number of hydrogen-bond donors (Lipinski definition) is 3. The van der Waals surface area contributed by atoms with E-state index in [1.165, 1.54) is 9.47 Å². The van der Waals surface area contributed by atoms with E-state index in [0.29, 0.717) is 28.2 Å². The molecule has 0 aliphatic carbocycles. The molecule has 1 heterocycles. The molecule has 42 heavy (non-hydrogen) atoms. The number of carbonyl (C=O) groups is 2. The van der Waals surface area contributed by atoms with Crippen LogP contribution in [0.3, 0.4) is 0 Å². The van der Waals surface area contributed by atoms with E-state index in [9.17, 15) is 14.4 Å². The first-order valence-corrected chi connectivity index (χ1v) is 13.7. The summed E-state index contributed by atoms with van der Waals surface area (Å²) in [6, 6.07) is 19.9. The van der Waals surface area contributed by atoms with Crippen molar-refractivity contribution in [1.29, 1.82) is 0 Å². The van der Waals surface area contributed by atoms with Crippen molar-refractivity contribution >= 4 is 29.0 Å². The van der Waals surface area contributed by atoms with Gasteiger partial charge in [0.05, 0.1) is 12.3 Å². The molecule has 4 aromatic rings. The van der Waals surface area contributed by atoms with Gasteiger partial charge in [0.1, 0.15) is 0 Å². The zero-order valence-corrected chi connectivity index (χ0v) is 24.9. The van der Waals surface area contributed by atoms with Crippen LogP contribution in [0.25, 0.3) is 11.3 Å². The summed E-state index contributed by atoms with van der Waals surface area (Å²) in [7, 11) is 3.27. The molecule has 0 aliphatic rings.